The van der Waals surface area contributed by atoms with Gasteiger partial charge < -0.3 is 11.1 Å². The lowest BCUT2D eigenvalue weighted by Gasteiger charge is -2.02. The third-order valence-electron chi connectivity index (χ3n) is 1.12. The molecule has 0 fully saturated rings. The molecule has 0 bridgehead atoms. The Labute approximate surface area is 75.5 Å². The summed E-state index contributed by atoms with van der Waals surface area (Å²) in [4.78, 5) is 7.81. The van der Waals surface area contributed by atoms with Crippen molar-refractivity contribution >= 4 is 23.4 Å². The molecule has 64 valence electrons. The zero-order chi connectivity index (χ0) is 8.97. The number of hydrogen-bond donors (Lipinski definition) is 2. The van der Waals surface area contributed by atoms with Crippen LogP contribution in [0.2, 0.25) is 0 Å². The quantitative estimate of drug-likeness (QED) is 0.742. The van der Waals surface area contributed by atoms with E-state index in [4.69, 9.17) is 17.3 Å². The highest BCUT2D eigenvalue weighted by Gasteiger charge is 1.94. The van der Waals surface area contributed by atoms with Crippen molar-refractivity contribution in [2.24, 2.45) is 0 Å². The van der Waals surface area contributed by atoms with Crippen LogP contribution in [-0.4, -0.2) is 16.5 Å². The van der Waals surface area contributed by atoms with E-state index in [9.17, 15) is 0 Å². The molecule has 0 amide bonds. The summed E-state index contributed by atoms with van der Waals surface area (Å²) in [6.07, 6.45) is 1.57. The number of nitrogens with one attached hydrogen (secondary N) is 1. The third kappa shape index (κ3) is 2.75. The molecule has 1 rings (SSSR count). The Bertz CT molecular complexity index is 286. The molecule has 3 N–H and O–H groups in total. The summed E-state index contributed by atoms with van der Waals surface area (Å²) in [5, 5.41) is 3.35. The van der Waals surface area contributed by atoms with Gasteiger partial charge >= 0.3 is 0 Å². The monoisotopic (exact) mass is 184 g/mol. The SMILES string of the molecule is C=C(Cl)CNc1nccc(N)n1. The van der Waals surface area contributed by atoms with E-state index in [1.54, 1.807) is 12.3 Å². The first-order valence-electron chi connectivity index (χ1n) is 3.34. The molecule has 0 aromatic carbocycles. The van der Waals surface area contributed by atoms with Gasteiger partial charge in [0.1, 0.15) is 5.82 Å². The molecule has 0 unspecified atom stereocenters. The number of nitrogen functional groups attached to an aromatic ring is 1. The van der Waals surface area contributed by atoms with Crippen molar-refractivity contribution in [2.45, 2.75) is 0 Å². The molecule has 4 nitrogen and oxygen atoms in total. The van der Waals surface area contributed by atoms with Gasteiger partial charge in [-0.2, -0.15) is 4.98 Å². The minimum absolute atomic E-state index is 0.424. The van der Waals surface area contributed by atoms with Crippen LogP contribution in [0.15, 0.2) is 23.9 Å². The number of hydrogen-bond acceptors (Lipinski definition) is 4. The van der Waals surface area contributed by atoms with Gasteiger partial charge in [-0.15, -0.1) is 0 Å². The van der Waals surface area contributed by atoms with Gasteiger partial charge in [0, 0.05) is 11.2 Å². The molecule has 1 aromatic rings. The maximum absolute atomic E-state index is 5.52. The Morgan fingerprint density at radius 2 is 2.50 bits per heavy atom. The summed E-state index contributed by atoms with van der Waals surface area (Å²) >= 11 is 5.52. The van der Waals surface area contributed by atoms with Crippen LogP contribution in [0.5, 0.6) is 0 Å². The average Bonchev–Trinajstić information content (AvgIpc) is 2.01. The summed E-state index contributed by atoms with van der Waals surface area (Å²) in [5.74, 6) is 0.879. The van der Waals surface area contributed by atoms with Crippen molar-refractivity contribution < 1.29 is 0 Å². The second kappa shape index (κ2) is 3.92. The summed E-state index contributed by atoms with van der Waals surface area (Å²) < 4.78 is 0. The Morgan fingerprint density at radius 3 is 3.08 bits per heavy atom. The lowest BCUT2D eigenvalue weighted by atomic mass is 10.6. The van der Waals surface area contributed by atoms with E-state index >= 15 is 0 Å². The van der Waals surface area contributed by atoms with Gasteiger partial charge in [-0.1, -0.05) is 18.2 Å². The van der Waals surface area contributed by atoms with Gasteiger partial charge in [0.2, 0.25) is 5.95 Å². The third-order valence-corrected chi connectivity index (χ3v) is 1.25. The molecule has 0 atom stereocenters. The lowest BCUT2D eigenvalue weighted by Crippen LogP contribution is -2.05. The maximum atomic E-state index is 5.52. The van der Waals surface area contributed by atoms with Crippen LogP contribution in [-0.2, 0) is 0 Å². The highest BCUT2D eigenvalue weighted by molar-refractivity contribution is 6.29. The van der Waals surface area contributed by atoms with Gasteiger partial charge in [-0.25, -0.2) is 4.98 Å². The molecule has 0 aliphatic rings. The zero-order valence-corrected chi connectivity index (χ0v) is 7.17. The first-order chi connectivity index (χ1) is 5.68. The number of halogens is 1. The Morgan fingerprint density at radius 1 is 1.75 bits per heavy atom. The Hall–Kier alpha value is -1.29. The Balaban J connectivity index is 2.57. The van der Waals surface area contributed by atoms with E-state index in [0.29, 0.717) is 23.3 Å². The number of nitrogens with zero attached hydrogens (tertiary/aromatic N) is 2. The molecular weight excluding hydrogens is 176 g/mol. The molecule has 1 heterocycles. The van der Waals surface area contributed by atoms with E-state index in [-0.39, 0.29) is 0 Å². The molecule has 0 radical (unpaired) electrons. The molecule has 5 heteroatoms. The van der Waals surface area contributed by atoms with Gasteiger partial charge in [0.25, 0.3) is 0 Å². The largest absolute Gasteiger partial charge is 0.384 e. The van der Waals surface area contributed by atoms with Crippen LogP contribution in [0.3, 0.4) is 0 Å². The van der Waals surface area contributed by atoms with Crippen LogP contribution in [0.4, 0.5) is 11.8 Å². The standard InChI is InChI=1S/C7H9ClN4/c1-5(8)4-11-7-10-3-2-6(9)12-7/h2-3H,1,4H2,(H3,9,10,11,12). The summed E-state index contributed by atoms with van der Waals surface area (Å²) in [5.41, 5.74) is 5.42. The van der Waals surface area contributed by atoms with Crippen LogP contribution in [0.25, 0.3) is 0 Å². The van der Waals surface area contributed by atoms with Crippen molar-refractivity contribution in [3.05, 3.63) is 23.9 Å². The van der Waals surface area contributed by atoms with E-state index in [1.807, 2.05) is 0 Å². The lowest BCUT2D eigenvalue weighted by molar-refractivity contribution is 1.12. The van der Waals surface area contributed by atoms with Crippen molar-refractivity contribution in [1.82, 2.24) is 9.97 Å². The fraction of sp³-hybridized carbons (Fsp3) is 0.143. The highest BCUT2D eigenvalue weighted by Crippen LogP contribution is 2.03. The molecule has 1 aromatic heterocycles. The van der Waals surface area contributed by atoms with Crippen LogP contribution in [0, 0.1) is 0 Å². The Kier molecular flexibility index (Phi) is 2.88. The highest BCUT2D eigenvalue weighted by atomic mass is 35.5. The average molecular weight is 185 g/mol. The number of nitrogens with two attached hydrogens (primary N) is 1. The summed E-state index contributed by atoms with van der Waals surface area (Å²) in [6.45, 7) is 3.94. The molecule has 0 aliphatic carbocycles. The normalized spacial score (nSPS) is 9.42. The predicted octanol–water partition coefficient (Wildman–Crippen LogP) is 1.22. The molecule has 0 spiro atoms. The van der Waals surface area contributed by atoms with Crippen molar-refractivity contribution in [1.29, 1.82) is 0 Å². The number of rotatable bonds is 3. The van der Waals surface area contributed by atoms with E-state index in [1.165, 1.54) is 0 Å². The van der Waals surface area contributed by atoms with Gasteiger partial charge in [-0.05, 0) is 6.07 Å². The number of anilines is 2. The van der Waals surface area contributed by atoms with Gasteiger partial charge in [-0.3, -0.25) is 0 Å². The van der Waals surface area contributed by atoms with Crippen molar-refractivity contribution in [3.63, 3.8) is 0 Å². The van der Waals surface area contributed by atoms with Crippen LogP contribution >= 0.6 is 11.6 Å². The first-order valence-corrected chi connectivity index (χ1v) is 3.72. The minimum atomic E-state index is 0.424. The topological polar surface area (TPSA) is 63.8 Å². The van der Waals surface area contributed by atoms with Crippen LogP contribution in [0.1, 0.15) is 0 Å². The first kappa shape index (κ1) is 8.80. The second-order valence-electron chi connectivity index (χ2n) is 2.18. The minimum Gasteiger partial charge on any atom is -0.384 e. The molecule has 0 saturated carbocycles. The molecule has 0 saturated heterocycles. The van der Waals surface area contributed by atoms with E-state index in [2.05, 4.69) is 21.9 Å². The van der Waals surface area contributed by atoms with Gasteiger partial charge in [0.15, 0.2) is 0 Å². The van der Waals surface area contributed by atoms with Crippen molar-refractivity contribution in [3.8, 4) is 0 Å². The second-order valence-corrected chi connectivity index (χ2v) is 2.71. The van der Waals surface area contributed by atoms with E-state index < -0.39 is 0 Å². The smallest absolute Gasteiger partial charge is 0.224 e. The zero-order valence-electron chi connectivity index (χ0n) is 6.42. The maximum Gasteiger partial charge on any atom is 0.224 e. The van der Waals surface area contributed by atoms with E-state index in [0.717, 1.165) is 0 Å². The molecule has 12 heavy (non-hydrogen) atoms. The predicted molar refractivity (Wildman–Crippen MR) is 49.9 cm³/mol. The molecular formula is C7H9ClN4. The fourth-order valence-corrected chi connectivity index (χ4v) is 0.700. The van der Waals surface area contributed by atoms with Crippen LogP contribution < -0.4 is 11.1 Å². The summed E-state index contributed by atoms with van der Waals surface area (Å²) in [7, 11) is 0. The van der Waals surface area contributed by atoms with Crippen molar-refractivity contribution in [2.75, 3.05) is 17.6 Å². The van der Waals surface area contributed by atoms with Gasteiger partial charge in [0.05, 0.1) is 6.54 Å². The molecule has 0 aliphatic heterocycles. The number of aromatic nitrogens is 2. The fourth-order valence-electron chi connectivity index (χ4n) is 0.633. The summed E-state index contributed by atoms with van der Waals surface area (Å²) in [6, 6.07) is 1.61.